The molecule has 0 aromatic heterocycles. The Morgan fingerprint density at radius 3 is 2.17 bits per heavy atom. The van der Waals surface area contributed by atoms with Gasteiger partial charge in [0.2, 0.25) is 0 Å². The highest BCUT2D eigenvalue weighted by molar-refractivity contribution is 5.75. The van der Waals surface area contributed by atoms with E-state index in [-0.39, 0.29) is 0 Å². The first-order valence-electron chi connectivity index (χ1n) is 4.61. The van der Waals surface area contributed by atoms with Gasteiger partial charge in [0, 0.05) is 6.54 Å². The van der Waals surface area contributed by atoms with Gasteiger partial charge in [-0.3, -0.25) is 4.79 Å². The van der Waals surface area contributed by atoms with E-state index in [0.29, 0.717) is 18.4 Å². The second-order valence-corrected chi connectivity index (χ2v) is 4.30. The van der Waals surface area contributed by atoms with Gasteiger partial charge in [-0.25, -0.2) is 0 Å². The molecular formula is C9H15NO2. The van der Waals surface area contributed by atoms with Crippen LogP contribution < -0.4 is 5.73 Å². The molecule has 2 saturated carbocycles. The van der Waals surface area contributed by atoms with Crippen molar-refractivity contribution < 1.29 is 9.90 Å². The number of carboxylic acids is 1. The Hall–Kier alpha value is -0.570. The predicted molar refractivity (Wildman–Crippen MR) is 44.6 cm³/mol. The number of rotatable bonds is 2. The highest BCUT2D eigenvalue weighted by Crippen LogP contribution is 2.55. The molecule has 2 rings (SSSR count). The van der Waals surface area contributed by atoms with Gasteiger partial charge in [0.1, 0.15) is 0 Å². The van der Waals surface area contributed by atoms with Crippen LogP contribution in [-0.4, -0.2) is 17.6 Å². The summed E-state index contributed by atoms with van der Waals surface area (Å²) in [6.45, 7) is 0.315. The van der Waals surface area contributed by atoms with Gasteiger partial charge < -0.3 is 10.8 Å². The minimum absolute atomic E-state index is 0.315. The van der Waals surface area contributed by atoms with Crippen LogP contribution in [0.5, 0.6) is 0 Å². The molecule has 2 unspecified atom stereocenters. The minimum atomic E-state index is -0.681. The molecule has 0 aromatic carbocycles. The highest BCUT2D eigenvalue weighted by atomic mass is 16.4. The van der Waals surface area contributed by atoms with Gasteiger partial charge in [-0.1, -0.05) is 0 Å². The first kappa shape index (κ1) is 8.05. The van der Waals surface area contributed by atoms with Crippen molar-refractivity contribution in [3.8, 4) is 0 Å². The summed E-state index contributed by atoms with van der Waals surface area (Å²) in [7, 11) is 0. The molecule has 0 aromatic rings. The second-order valence-electron chi connectivity index (χ2n) is 4.30. The number of fused-ring (bicyclic) bond motifs is 1. The van der Waals surface area contributed by atoms with E-state index in [1.54, 1.807) is 0 Å². The normalized spacial score (nSPS) is 45.1. The molecule has 0 aliphatic heterocycles. The van der Waals surface area contributed by atoms with Gasteiger partial charge in [0.25, 0.3) is 0 Å². The Morgan fingerprint density at radius 2 is 1.92 bits per heavy atom. The zero-order chi connectivity index (χ0) is 8.77. The van der Waals surface area contributed by atoms with Crippen molar-refractivity contribution in [3.63, 3.8) is 0 Å². The zero-order valence-corrected chi connectivity index (χ0v) is 7.12. The number of nitrogens with two attached hydrogens (primary N) is 1. The van der Waals surface area contributed by atoms with E-state index in [0.717, 1.165) is 12.8 Å². The van der Waals surface area contributed by atoms with E-state index < -0.39 is 11.4 Å². The Balaban J connectivity index is 2.14. The lowest BCUT2D eigenvalue weighted by Gasteiger charge is -2.29. The quantitative estimate of drug-likeness (QED) is 0.643. The molecule has 3 heteroatoms. The van der Waals surface area contributed by atoms with Crippen LogP contribution in [0.2, 0.25) is 0 Å². The number of hydrogen-bond donors (Lipinski definition) is 2. The molecular weight excluding hydrogens is 154 g/mol. The van der Waals surface area contributed by atoms with Crippen molar-refractivity contribution in [3.05, 3.63) is 0 Å². The van der Waals surface area contributed by atoms with Crippen molar-refractivity contribution in [1.29, 1.82) is 0 Å². The van der Waals surface area contributed by atoms with Crippen molar-refractivity contribution >= 4 is 5.97 Å². The third-order valence-electron chi connectivity index (χ3n) is 3.73. The topological polar surface area (TPSA) is 63.3 Å². The maximum atomic E-state index is 11.0. The molecule has 3 N–H and O–H groups in total. The van der Waals surface area contributed by atoms with Gasteiger partial charge in [-0.15, -0.1) is 0 Å². The maximum absolute atomic E-state index is 11.0. The lowest BCUT2D eigenvalue weighted by Crippen LogP contribution is -2.36. The van der Waals surface area contributed by atoms with Crippen LogP contribution in [0.4, 0.5) is 0 Å². The third-order valence-corrected chi connectivity index (χ3v) is 3.73. The molecule has 0 spiro atoms. The summed E-state index contributed by atoms with van der Waals surface area (Å²) in [5, 5.41) is 9.05. The van der Waals surface area contributed by atoms with Crippen LogP contribution in [0.15, 0.2) is 0 Å². The van der Waals surface area contributed by atoms with Crippen LogP contribution in [0, 0.1) is 17.3 Å². The van der Waals surface area contributed by atoms with Crippen LogP contribution >= 0.6 is 0 Å². The van der Waals surface area contributed by atoms with Crippen LogP contribution in [0.1, 0.15) is 25.7 Å². The number of carboxylic acid groups (broad SMARTS) is 1. The smallest absolute Gasteiger partial charge is 0.310 e. The summed E-state index contributed by atoms with van der Waals surface area (Å²) in [4.78, 5) is 11.0. The van der Waals surface area contributed by atoms with Gasteiger partial charge in [0.15, 0.2) is 0 Å². The van der Waals surface area contributed by atoms with E-state index in [1.165, 1.54) is 12.8 Å². The standard InChI is InChI=1S/C9H15NO2/c10-5-9(8(11)12)3-6-1-2-7(6)4-9/h6-7H,1-5,10H2,(H,11,12). The van der Waals surface area contributed by atoms with E-state index in [1.807, 2.05) is 0 Å². The Bertz CT molecular complexity index is 203. The largest absolute Gasteiger partial charge is 0.481 e. The van der Waals surface area contributed by atoms with Gasteiger partial charge in [0.05, 0.1) is 5.41 Å². The fourth-order valence-electron chi connectivity index (χ4n) is 2.69. The zero-order valence-electron chi connectivity index (χ0n) is 7.12. The molecule has 0 saturated heterocycles. The predicted octanol–water partition coefficient (Wildman–Crippen LogP) is 0.836. The molecule has 2 fully saturated rings. The average Bonchev–Trinajstić information content (AvgIpc) is 2.27. The second kappa shape index (κ2) is 2.46. The van der Waals surface area contributed by atoms with Crippen LogP contribution in [0.25, 0.3) is 0 Å². The molecule has 2 aliphatic carbocycles. The van der Waals surface area contributed by atoms with Crippen molar-refractivity contribution in [1.82, 2.24) is 0 Å². The molecule has 12 heavy (non-hydrogen) atoms. The van der Waals surface area contributed by atoms with Crippen molar-refractivity contribution in [2.24, 2.45) is 23.0 Å². The van der Waals surface area contributed by atoms with E-state index >= 15 is 0 Å². The molecule has 2 atom stereocenters. The number of carbonyl (C=O) groups is 1. The Labute approximate surface area is 71.9 Å². The van der Waals surface area contributed by atoms with Gasteiger partial charge in [-0.2, -0.15) is 0 Å². The molecule has 3 nitrogen and oxygen atoms in total. The lowest BCUT2D eigenvalue weighted by molar-refractivity contribution is -0.148. The lowest BCUT2D eigenvalue weighted by atomic mass is 9.77. The fraction of sp³-hybridized carbons (Fsp3) is 0.889. The first-order valence-corrected chi connectivity index (χ1v) is 4.61. The van der Waals surface area contributed by atoms with E-state index in [2.05, 4.69) is 0 Å². The molecule has 0 radical (unpaired) electrons. The highest BCUT2D eigenvalue weighted by Gasteiger charge is 2.52. The van der Waals surface area contributed by atoms with Crippen molar-refractivity contribution in [2.75, 3.05) is 6.54 Å². The Morgan fingerprint density at radius 1 is 1.42 bits per heavy atom. The maximum Gasteiger partial charge on any atom is 0.310 e. The summed E-state index contributed by atoms with van der Waals surface area (Å²) >= 11 is 0. The van der Waals surface area contributed by atoms with Crippen molar-refractivity contribution in [2.45, 2.75) is 25.7 Å². The fourth-order valence-corrected chi connectivity index (χ4v) is 2.69. The first-order chi connectivity index (χ1) is 5.68. The van der Waals surface area contributed by atoms with Crippen LogP contribution in [0.3, 0.4) is 0 Å². The third kappa shape index (κ3) is 0.891. The summed E-state index contributed by atoms with van der Waals surface area (Å²) in [6.07, 6.45) is 4.09. The molecule has 0 heterocycles. The summed E-state index contributed by atoms with van der Waals surface area (Å²) < 4.78 is 0. The monoisotopic (exact) mass is 169 g/mol. The Kier molecular flexibility index (Phi) is 1.65. The molecule has 0 amide bonds. The van der Waals surface area contributed by atoms with Gasteiger partial charge in [-0.05, 0) is 37.5 Å². The average molecular weight is 169 g/mol. The summed E-state index contributed by atoms with van der Waals surface area (Å²) in [5.41, 5.74) is 4.98. The molecule has 2 aliphatic rings. The minimum Gasteiger partial charge on any atom is -0.481 e. The number of aliphatic carboxylic acids is 1. The molecule has 0 bridgehead atoms. The summed E-state index contributed by atoms with van der Waals surface area (Å²) in [6, 6.07) is 0. The summed E-state index contributed by atoms with van der Waals surface area (Å²) in [5.74, 6) is 0.661. The van der Waals surface area contributed by atoms with Crippen LogP contribution in [-0.2, 0) is 4.79 Å². The number of hydrogen-bond acceptors (Lipinski definition) is 2. The van der Waals surface area contributed by atoms with E-state index in [9.17, 15) is 4.79 Å². The molecule has 68 valence electrons. The SMILES string of the molecule is NCC1(C(=O)O)CC2CCC2C1. The van der Waals surface area contributed by atoms with E-state index in [4.69, 9.17) is 10.8 Å². The van der Waals surface area contributed by atoms with Gasteiger partial charge >= 0.3 is 5.97 Å².